The zero-order valence-corrected chi connectivity index (χ0v) is 33.2. The molecule has 0 radical (unpaired) electrons. The molecule has 0 unspecified atom stereocenters. The van der Waals surface area contributed by atoms with E-state index in [2.05, 4.69) is 176 Å². The number of benzene rings is 9. The standard InChI is InChI=1S/C56H38N2O2/c1-56(2)49-21-9-8-18-45(49)47-32-43(28-29-50(47)56)58(42-17-10-16-39(31-42)40-23-22-35-12-6-7-15-38(35)30-40)41-26-24-36(25-27-41)44-19-11-20-46-48-33-53-51(34-52(48)59-54(44)46)57-55(60-53)37-13-4-3-5-14-37/h3-34H,1-2H3. The van der Waals surface area contributed by atoms with E-state index in [-0.39, 0.29) is 5.41 Å². The first-order valence-corrected chi connectivity index (χ1v) is 20.5. The molecule has 0 amide bonds. The van der Waals surface area contributed by atoms with Crippen molar-refractivity contribution in [2.24, 2.45) is 0 Å². The summed E-state index contributed by atoms with van der Waals surface area (Å²) in [6, 6.07) is 69.3. The number of para-hydroxylation sites is 1. The van der Waals surface area contributed by atoms with Gasteiger partial charge >= 0.3 is 0 Å². The van der Waals surface area contributed by atoms with Gasteiger partial charge in [0.05, 0.1) is 0 Å². The second-order valence-electron chi connectivity index (χ2n) is 16.4. The molecule has 0 spiro atoms. The number of nitrogens with zero attached hydrogens (tertiary/aromatic N) is 2. The predicted octanol–water partition coefficient (Wildman–Crippen LogP) is 15.7. The van der Waals surface area contributed by atoms with Gasteiger partial charge in [-0.3, -0.25) is 0 Å². The van der Waals surface area contributed by atoms with Crippen molar-refractivity contribution in [2.45, 2.75) is 19.3 Å². The molecule has 4 heteroatoms. The van der Waals surface area contributed by atoms with Crippen molar-refractivity contribution in [2.75, 3.05) is 4.90 Å². The molecule has 0 saturated heterocycles. The Morgan fingerprint density at radius 2 is 1.10 bits per heavy atom. The van der Waals surface area contributed by atoms with Crippen LogP contribution in [0.15, 0.2) is 203 Å². The van der Waals surface area contributed by atoms with Crippen LogP contribution in [0.2, 0.25) is 0 Å². The minimum Gasteiger partial charge on any atom is -0.455 e. The third-order valence-electron chi connectivity index (χ3n) is 12.5. The molecular formula is C56H38N2O2. The SMILES string of the molecule is CC1(C)c2ccccc2-c2cc(N(c3ccc(-c4cccc5c4oc4cc6nc(-c7ccccc7)oc6cc45)cc3)c3cccc(-c4ccc5ccccc5c4)c3)ccc21. The van der Waals surface area contributed by atoms with Crippen LogP contribution in [0.4, 0.5) is 17.1 Å². The highest BCUT2D eigenvalue weighted by atomic mass is 16.4. The topological polar surface area (TPSA) is 42.4 Å². The van der Waals surface area contributed by atoms with Gasteiger partial charge in [-0.05, 0) is 110 Å². The summed E-state index contributed by atoms with van der Waals surface area (Å²) < 4.78 is 12.9. The van der Waals surface area contributed by atoms with Crippen LogP contribution in [0, 0.1) is 0 Å². The van der Waals surface area contributed by atoms with Crippen molar-refractivity contribution in [1.82, 2.24) is 4.98 Å². The van der Waals surface area contributed by atoms with E-state index in [1.807, 2.05) is 36.4 Å². The third kappa shape index (κ3) is 5.41. The Hall–Kier alpha value is -7.69. The van der Waals surface area contributed by atoms with Crippen LogP contribution < -0.4 is 4.90 Å². The monoisotopic (exact) mass is 770 g/mol. The lowest BCUT2D eigenvalue weighted by Crippen LogP contribution is -2.15. The number of aromatic nitrogens is 1. The molecule has 284 valence electrons. The minimum atomic E-state index is -0.0734. The van der Waals surface area contributed by atoms with E-state index in [1.165, 1.54) is 44.2 Å². The molecule has 0 aliphatic heterocycles. The largest absolute Gasteiger partial charge is 0.455 e. The molecule has 0 N–H and O–H groups in total. The summed E-state index contributed by atoms with van der Waals surface area (Å²) in [5, 5.41) is 4.52. The summed E-state index contributed by atoms with van der Waals surface area (Å²) in [6.07, 6.45) is 0. The molecule has 60 heavy (non-hydrogen) atoms. The molecule has 0 atom stereocenters. The Bertz CT molecular complexity index is 3460. The van der Waals surface area contributed by atoms with Gasteiger partial charge in [0.15, 0.2) is 5.58 Å². The molecule has 0 bridgehead atoms. The predicted molar refractivity (Wildman–Crippen MR) is 247 cm³/mol. The number of anilines is 3. The summed E-state index contributed by atoms with van der Waals surface area (Å²) in [6.45, 7) is 4.67. The van der Waals surface area contributed by atoms with E-state index in [0.717, 1.165) is 66.8 Å². The van der Waals surface area contributed by atoms with Crippen LogP contribution in [-0.2, 0) is 5.41 Å². The maximum Gasteiger partial charge on any atom is 0.227 e. The smallest absolute Gasteiger partial charge is 0.227 e. The number of hydrogen-bond acceptors (Lipinski definition) is 4. The third-order valence-corrected chi connectivity index (χ3v) is 12.5. The summed E-state index contributed by atoms with van der Waals surface area (Å²) in [7, 11) is 0. The van der Waals surface area contributed by atoms with E-state index in [9.17, 15) is 0 Å². The van der Waals surface area contributed by atoms with Gasteiger partial charge in [0.1, 0.15) is 16.7 Å². The highest BCUT2D eigenvalue weighted by Gasteiger charge is 2.35. The summed E-state index contributed by atoms with van der Waals surface area (Å²) in [5.41, 5.74) is 17.1. The molecule has 11 aromatic rings. The normalized spacial score (nSPS) is 13.0. The molecule has 2 aromatic heterocycles. The molecular weight excluding hydrogens is 733 g/mol. The lowest BCUT2D eigenvalue weighted by atomic mass is 9.82. The Morgan fingerprint density at radius 1 is 0.417 bits per heavy atom. The van der Waals surface area contributed by atoms with E-state index >= 15 is 0 Å². The second kappa shape index (κ2) is 13.2. The summed E-state index contributed by atoms with van der Waals surface area (Å²) >= 11 is 0. The Morgan fingerprint density at radius 3 is 1.98 bits per heavy atom. The molecule has 0 saturated carbocycles. The van der Waals surface area contributed by atoms with Crippen molar-refractivity contribution in [1.29, 1.82) is 0 Å². The first-order chi connectivity index (χ1) is 29.5. The molecule has 4 nitrogen and oxygen atoms in total. The number of hydrogen-bond donors (Lipinski definition) is 0. The van der Waals surface area contributed by atoms with Crippen LogP contribution >= 0.6 is 0 Å². The first-order valence-electron chi connectivity index (χ1n) is 20.5. The summed E-state index contributed by atoms with van der Waals surface area (Å²) in [4.78, 5) is 7.19. The lowest BCUT2D eigenvalue weighted by molar-refractivity contribution is 0.620. The molecule has 0 fully saturated rings. The molecule has 1 aliphatic rings. The van der Waals surface area contributed by atoms with Gasteiger partial charge < -0.3 is 13.7 Å². The van der Waals surface area contributed by atoms with Crippen LogP contribution in [0.5, 0.6) is 0 Å². The second-order valence-corrected chi connectivity index (χ2v) is 16.4. The minimum absolute atomic E-state index is 0.0734. The fourth-order valence-corrected chi connectivity index (χ4v) is 9.43. The van der Waals surface area contributed by atoms with Gasteiger partial charge in [0.25, 0.3) is 0 Å². The maximum absolute atomic E-state index is 6.66. The van der Waals surface area contributed by atoms with Crippen molar-refractivity contribution in [3.63, 3.8) is 0 Å². The van der Waals surface area contributed by atoms with Crippen molar-refractivity contribution in [3.8, 4) is 44.8 Å². The first kappa shape index (κ1) is 34.4. The number of rotatable bonds is 6. The van der Waals surface area contributed by atoms with Crippen LogP contribution in [0.25, 0.3) is 88.6 Å². The van der Waals surface area contributed by atoms with Crippen LogP contribution in [0.1, 0.15) is 25.0 Å². The van der Waals surface area contributed by atoms with E-state index in [0.29, 0.717) is 5.89 Å². The van der Waals surface area contributed by atoms with Gasteiger partial charge in [0, 0.05) is 50.4 Å². The zero-order chi connectivity index (χ0) is 40.0. The lowest BCUT2D eigenvalue weighted by Gasteiger charge is -2.28. The van der Waals surface area contributed by atoms with Gasteiger partial charge in [-0.15, -0.1) is 0 Å². The van der Waals surface area contributed by atoms with E-state index in [1.54, 1.807) is 0 Å². The van der Waals surface area contributed by atoms with Gasteiger partial charge in [-0.1, -0.05) is 141 Å². The zero-order valence-electron chi connectivity index (χ0n) is 33.2. The highest BCUT2D eigenvalue weighted by Crippen LogP contribution is 2.51. The molecule has 9 aromatic carbocycles. The van der Waals surface area contributed by atoms with Gasteiger partial charge in [-0.25, -0.2) is 4.98 Å². The van der Waals surface area contributed by atoms with Crippen molar-refractivity contribution >= 4 is 60.9 Å². The average Bonchev–Trinajstić information content (AvgIpc) is 3.95. The molecule has 2 heterocycles. The summed E-state index contributed by atoms with van der Waals surface area (Å²) in [5.74, 6) is 0.603. The maximum atomic E-state index is 6.66. The van der Waals surface area contributed by atoms with Gasteiger partial charge in [-0.2, -0.15) is 0 Å². The van der Waals surface area contributed by atoms with Gasteiger partial charge in [0.2, 0.25) is 5.89 Å². The average molecular weight is 771 g/mol. The number of oxazole rings is 1. The van der Waals surface area contributed by atoms with Crippen LogP contribution in [0.3, 0.4) is 0 Å². The Balaban J connectivity index is 0.965. The fraction of sp³-hybridized carbons (Fsp3) is 0.0536. The van der Waals surface area contributed by atoms with Crippen molar-refractivity contribution < 1.29 is 8.83 Å². The Labute approximate surface area is 347 Å². The van der Waals surface area contributed by atoms with E-state index < -0.39 is 0 Å². The highest BCUT2D eigenvalue weighted by molar-refractivity contribution is 6.12. The van der Waals surface area contributed by atoms with Crippen LogP contribution in [-0.4, -0.2) is 4.98 Å². The van der Waals surface area contributed by atoms with Crippen molar-refractivity contribution in [3.05, 3.63) is 205 Å². The molecule has 12 rings (SSSR count). The Kier molecular flexibility index (Phi) is 7.54. The van der Waals surface area contributed by atoms with E-state index in [4.69, 9.17) is 13.8 Å². The molecule has 1 aliphatic carbocycles. The quantitative estimate of drug-likeness (QED) is 0.169. The fourth-order valence-electron chi connectivity index (χ4n) is 9.43. The number of fused-ring (bicyclic) bond motifs is 8. The number of furan rings is 1.